The number of carbonyl (C=O) groups is 1. The van der Waals surface area contributed by atoms with Crippen molar-refractivity contribution in [2.75, 3.05) is 18.9 Å². The molecule has 1 aliphatic rings. The number of aromatic nitrogens is 3. The van der Waals surface area contributed by atoms with E-state index in [4.69, 9.17) is 14.6 Å². The fourth-order valence-electron chi connectivity index (χ4n) is 2.83. The molecule has 0 aliphatic carbocycles. The fourth-order valence-corrected chi connectivity index (χ4v) is 3.96. The van der Waals surface area contributed by atoms with Crippen LogP contribution in [-0.4, -0.2) is 63.4 Å². The Labute approximate surface area is 177 Å². The summed E-state index contributed by atoms with van der Waals surface area (Å²) < 4.78 is 65.7. The molecule has 3 heterocycles. The summed E-state index contributed by atoms with van der Waals surface area (Å²) in [4.78, 5) is 17.3. The van der Waals surface area contributed by atoms with E-state index in [1.54, 1.807) is 29.9 Å². The molecule has 0 spiro atoms. The summed E-state index contributed by atoms with van der Waals surface area (Å²) in [5, 5.41) is 7.12. The molecule has 0 fully saturated rings. The molecule has 0 amide bonds. The Morgan fingerprint density at radius 1 is 1.32 bits per heavy atom. The average molecular weight is 464 g/mol. The first-order chi connectivity index (χ1) is 14.5. The molecular weight excluding hydrogens is 441 g/mol. The molecule has 1 atom stereocenters. The van der Waals surface area contributed by atoms with Gasteiger partial charge in [0.1, 0.15) is 0 Å². The van der Waals surface area contributed by atoms with Crippen molar-refractivity contribution in [1.82, 2.24) is 18.8 Å². The lowest BCUT2D eigenvalue weighted by Gasteiger charge is -2.23. The van der Waals surface area contributed by atoms with Crippen molar-refractivity contribution in [2.45, 2.75) is 32.8 Å². The highest BCUT2D eigenvalue weighted by molar-refractivity contribution is 7.89. The van der Waals surface area contributed by atoms with Crippen molar-refractivity contribution in [1.29, 1.82) is 0 Å². The summed E-state index contributed by atoms with van der Waals surface area (Å²) in [6.07, 6.45) is 0.135. The molecule has 2 aromatic heterocycles. The van der Waals surface area contributed by atoms with Crippen LogP contribution in [0.5, 0.6) is 0 Å². The largest absolute Gasteiger partial charge is 0.490 e. The van der Waals surface area contributed by atoms with Gasteiger partial charge in [-0.15, -0.1) is 0 Å². The maximum absolute atomic E-state index is 12.3. The van der Waals surface area contributed by atoms with E-state index in [1.165, 1.54) is 0 Å². The second-order valence-electron chi connectivity index (χ2n) is 6.74. The van der Waals surface area contributed by atoms with Gasteiger partial charge in [-0.25, -0.2) is 18.2 Å². The van der Waals surface area contributed by atoms with Gasteiger partial charge in [0.05, 0.1) is 43.2 Å². The summed E-state index contributed by atoms with van der Waals surface area (Å²) in [7, 11) is -3.25. The van der Waals surface area contributed by atoms with E-state index >= 15 is 0 Å². The molecule has 172 valence electrons. The number of carboxylic acids is 1. The van der Waals surface area contributed by atoms with Gasteiger partial charge in [0.15, 0.2) is 0 Å². The van der Waals surface area contributed by atoms with Crippen LogP contribution in [0.15, 0.2) is 36.9 Å². The molecule has 1 N–H and O–H groups in total. The number of sulfonamides is 1. The molecule has 0 aromatic carbocycles. The van der Waals surface area contributed by atoms with Crippen LogP contribution >= 0.6 is 0 Å². The van der Waals surface area contributed by atoms with Gasteiger partial charge in [0.25, 0.3) is 0 Å². The fraction of sp³-hybridized carbons (Fsp3) is 0.500. The predicted molar refractivity (Wildman–Crippen MR) is 103 cm³/mol. The number of halogens is 3. The van der Waals surface area contributed by atoms with Crippen LogP contribution < -0.4 is 0 Å². The molecule has 13 heteroatoms. The molecule has 9 nitrogen and oxygen atoms in total. The highest BCUT2D eigenvalue weighted by atomic mass is 32.2. The molecule has 1 unspecified atom stereocenters. The van der Waals surface area contributed by atoms with Crippen molar-refractivity contribution >= 4 is 16.0 Å². The van der Waals surface area contributed by atoms with Gasteiger partial charge >= 0.3 is 12.1 Å². The Hall–Kier alpha value is -2.51. The number of rotatable bonds is 6. The van der Waals surface area contributed by atoms with Crippen LogP contribution in [0, 0.1) is 5.92 Å². The first kappa shape index (κ1) is 24.8. The van der Waals surface area contributed by atoms with Crippen molar-refractivity contribution < 1.29 is 36.2 Å². The number of pyridine rings is 1. The molecule has 3 rings (SSSR count). The number of carboxylic acid groups (broad SMARTS) is 1. The predicted octanol–water partition coefficient (Wildman–Crippen LogP) is 1.91. The van der Waals surface area contributed by atoms with Crippen molar-refractivity contribution in [2.24, 2.45) is 5.92 Å². The monoisotopic (exact) mass is 464 g/mol. The van der Waals surface area contributed by atoms with Gasteiger partial charge in [0, 0.05) is 31.4 Å². The maximum atomic E-state index is 12.3. The van der Waals surface area contributed by atoms with Crippen LogP contribution in [0.4, 0.5) is 13.2 Å². The molecule has 0 saturated heterocycles. The highest BCUT2D eigenvalue weighted by Gasteiger charge is 2.38. The zero-order valence-corrected chi connectivity index (χ0v) is 17.5. The number of aliphatic carboxylic acids is 1. The Kier molecular flexibility index (Phi) is 8.53. The summed E-state index contributed by atoms with van der Waals surface area (Å²) in [5.74, 6) is -2.58. The quantitative estimate of drug-likeness (QED) is 0.695. The normalized spacial score (nSPS) is 17.2. The highest BCUT2D eigenvalue weighted by Crippen LogP contribution is 2.20. The number of hydrogen-bond acceptors (Lipinski definition) is 6. The molecule has 1 aliphatic heterocycles. The van der Waals surface area contributed by atoms with Crippen molar-refractivity contribution in [3.63, 3.8) is 0 Å². The van der Waals surface area contributed by atoms with Gasteiger partial charge in [-0.3, -0.25) is 4.98 Å². The first-order valence-corrected chi connectivity index (χ1v) is 10.9. The summed E-state index contributed by atoms with van der Waals surface area (Å²) in [5.41, 5.74) is 1.78. The summed E-state index contributed by atoms with van der Waals surface area (Å²) >= 11 is 0. The second-order valence-corrected chi connectivity index (χ2v) is 8.99. The Balaban J connectivity index is 0.000000423. The minimum atomic E-state index is -5.08. The Morgan fingerprint density at radius 3 is 2.61 bits per heavy atom. The lowest BCUT2D eigenvalue weighted by molar-refractivity contribution is -0.192. The molecule has 2 aromatic rings. The summed E-state index contributed by atoms with van der Waals surface area (Å²) in [6.45, 7) is 4.10. The number of nitrogens with zero attached hydrogens (tertiary/aromatic N) is 4. The number of alkyl halides is 3. The third kappa shape index (κ3) is 7.60. The Morgan fingerprint density at radius 2 is 2.03 bits per heavy atom. The topological polar surface area (TPSA) is 115 Å². The third-order valence-electron chi connectivity index (χ3n) is 4.38. The first-order valence-electron chi connectivity index (χ1n) is 9.27. The van der Waals surface area contributed by atoms with Crippen molar-refractivity contribution in [3.8, 4) is 0 Å². The molecule has 0 saturated carbocycles. The molecule has 0 radical (unpaired) electrons. The van der Waals surface area contributed by atoms with E-state index in [0.717, 1.165) is 11.4 Å². The van der Waals surface area contributed by atoms with E-state index in [1.807, 2.05) is 22.8 Å². The summed E-state index contributed by atoms with van der Waals surface area (Å²) in [6, 6.07) is 5.70. The van der Waals surface area contributed by atoms with Gasteiger partial charge in [-0.1, -0.05) is 6.07 Å². The van der Waals surface area contributed by atoms with E-state index < -0.39 is 22.2 Å². The molecular formula is C18H23F3N4O5S. The second kappa shape index (κ2) is 10.7. The van der Waals surface area contributed by atoms with Gasteiger partial charge < -0.3 is 14.4 Å². The van der Waals surface area contributed by atoms with Crippen molar-refractivity contribution in [3.05, 3.63) is 48.3 Å². The van der Waals surface area contributed by atoms with Crippen LogP contribution in [-0.2, 0) is 39.3 Å². The minimum Gasteiger partial charge on any atom is -0.475 e. The lowest BCUT2D eigenvalue weighted by Crippen LogP contribution is -2.36. The SMILES string of the molecule is CCS(=O)(=O)N1Cc2cncn2CC(COCc2ccccn2)C1.O=C(O)C(F)(F)F. The van der Waals surface area contributed by atoms with E-state index in [9.17, 15) is 21.6 Å². The zero-order chi connectivity index (χ0) is 23.1. The average Bonchev–Trinajstić information content (AvgIpc) is 3.06. The van der Waals surface area contributed by atoms with E-state index in [2.05, 4.69) is 9.97 Å². The minimum absolute atomic E-state index is 0.0745. The Bertz CT molecular complexity index is 951. The smallest absolute Gasteiger partial charge is 0.475 e. The van der Waals surface area contributed by atoms with Crippen LogP contribution in [0.25, 0.3) is 0 Å². The molecule has 0 bridgehead atoms. The lowest BCUT2D eigenvalue weighted by atomic mass is 10.1. The van der Waals surface area contributed by atoms with Gasteiger partial charge in [-0.2, -0.15) is 17.5 Å². The number of hydrogen-bond donors (Lipinski definition) is 1. The number of imidazole rings is 1. The zero-order valence-electron chi connectivity index (χ0n) is 16.7. The van der Waals surface area contributed by atoms with Crippen LogP contribution in [0.2, 0.25) is 0 Å². The number of fused-ring (bicyclic) bond motifs is 1. The van der Waals surface area contributed by atoms with E-state index in [0.29, 0.717) is 32.8 Å². The maximum Gasteiger partial charge on any atom is 0.490 e. The van der Waals surface area contributed by atoms with Gasteiger partial charge in [0.2, 0.25) is 10.0 Å². The number of ether oxygens (including phenoxy) is 1. The van der Waals surface area contributed by atoms with E-state index in [-0.39, 0.29) is 11.7 Å². The standard InChI is InChI=1S/C16H22N4O3S.C2HF3O2/c1-2-24(21,22)20-9-14(8-19-13-17-7-16(19)10-20)11-23-12-15-5-3-4-6-18-15;3-2(4,5)1(6)7/h3-7,13-14H,2,8-12H2,1H3;(H,6,7). The molecule has 31 heavy (non-hydrogen) atoms. The van der Waals surface area contributed by atoms with Crippen LogP contribution in [0.3, 0.4) is 0 Å². The third-order valence-corrected chi connectivity index (χ3v) is 6.18. The van der Waals surface area contributed by atoms with Gasteiger partial charge in [-0.05, 0) is 19.1 Å². The van der Waals surface area contributed by atoms with Crippen LogP contribution in [0.1, 0.15) is 18.3 Å².